The average Bonchev–Trinajstić information content (AvgIpc) is 2.94. The Kier molecular flexibility index (Phi) is 4.61. The first-order chi connectivity index (χ1) is 8.74. The second kappa shape index (κ2) is 6.21. The summed E-state index contributed by atoms with van der Waals surface area (Å²) in [6.07, 6.45) is 8.09. The van der Waals surface area contributed by atoms with E-state index >= 15 is 0 Å². The number of hydrogen-bond donors (Lipinski definition) is 1. The molecule has 0 aromatic rings. The van der Waals surface area contributed by atoms with Crippen molar-refractivity contribution in [2.75, 3.05) is 6.54 Å². The lowest BCUT2D eigenvalue weighted by Crippen LogP contribution is -2.43. The molecule has 1 N–H and O–H groups in total. The van der Waals surface area contributed by atoms with E-state index in [-0.39, 0.29) is 0 Å². The lowest BCUT2D eigenvalue weighted by atomic mass is 10.00. The fraction of sp³-hybridized carbons (Fsp3) is 0.857. The molecule has 102 valence electrons. The number of likely N-dealkylation sites (tertiary alicyclic amines) is 1. The molecule has 2 rings (SSSR count). The second-order valence-corrected chi connectivity index (χ2v) is 5.65. The number of amides is 2. The van der Waals surface area contributed by atoms with Gasteiger partial charge in [0.25, 0.3) is 0 Å². The average molecular weight is 252 g/mol. The van der Waals surface area contributed by atoms with Crippen LogP contribution in [0.2, 0.25) is 0 Å². The molecule has 0 aromatic carbocycles. The molecule has 4 nitrogen and oxygen atoms in total. The van der Waals surface area contributed by atoms with Crippen LogP contribution in [0, 0.1) is 5.92 Å². The van der Waals surface area contributed by atoms with E-state index < -0.39 is 0 Å². The topological polar surface area (TPSA) is 49.4 Å². The molecule has 2 fully saturated rings. The Morgan fingerprint density at radius 3 is 2.83 bits per heavy atom. The SMILES string of the molecule is CC1C2CCC(C2)N1C(=O)CCCCCNC=O. The van der Waals surface area contributed by atoms with Crippen molar-refractivity contribution in [2.24, 2.45) is 5.92 Å². The molecule has 1 saturated carbocycles. The zero-order chi connectivity index (χ0) is 13.0. The predicted molar refractivity (Wildman–Crippen MR) is 70.0 cm³/mol. The van der Waals surface area contributed by atoms with Crippen molar-refractivity contribution in [1.29, 1.82) is 0 Å². The Balaban J connectivity index is 1.64. The quantitative estimate of drug-likeness (QED) is 0.554. The fourth-order valence-electron chi connectivity index (χ4n) is 3.54. The lowest BCUT2D eigenvalue weighted by molar-refractivity contribution is -0.135. The minimum atomic E-state index is 0.345. The van der Waals surface area contributed by atoms with Gasteiger partial charge in [0.1, 0.15) is 0 Å². The Labute approximate surface area is 109 Å². The van der Waals surface area contributed by atoms with Gasteiger partial charge in [0.05, 0.1) is 0 Å². The highest BCUT2D eigenvalue weighted by Gasteiger charge is 2.45. The number of rotatable bonds is 7. The van der Waals surface area contributed by atoms with Gasteiger partial charge >= 0.3 is 0 Å². The molecule has 0 spiro atoms. The smallest absolute Gasteiger partial charge is 0.223 e. The number of fused-ring (bicyclic) bond motifs is 2. The van der Waals surface area contributed by atoms with Crippen molar-refractivity contribution < 1.29 is 9.59 Å². The van der Waals surface area contributed by atoms with Crippen LogP contribution in [-0.2, 0) is 9.59 Å². The van der Waals surface area contributed by atoms with Crippen molar-refractivity contribution in [1.82, 2.24) is 10.2 Å². The Morgan fingerprint density at radius 1 is 1.33 bits per heavy atom. The number of unbranched alkanes of at least 4 members (excludes halogenated alkanes) is 2. The summed E-state index contributed by atoms with van der Waals surface area (Å²) in [6, 6.07) is 1.00. The minimum Gasteiger partial charge on any atom is -0.359 e. The monoisotopic (exact) mass is 252 g/mol. The zero-order valence-corrected chi connectivity index (χ0v) is 11.2. The largest absolute Gasteiger partial charge is 0.359 e. The Morgan fingerprint density at radius 2 is 2.17 bits per heavy atom. The summed E-state index contributed by atoms with van der Waals surface area (Å²) < 4.78 is 0. The molecule has 1 saturated heterocycles. The van der Waals surface area contributed by atoms with Crippen LogP contribution in [0.4, 0.5) is 0 Å². The van der Waals surface area contributed by atoms with Gasteiger partial charge in [-0.1, -0.05) is 6.42 Å². The third-order valence-corrected chi connectivity index (χ3v) is 4.54. The van der Waals surface area contributed by atoms with Gasteiger partial charge in [-0.3, -0.25) is 9.59 Å². The summed E-state index contributed by atoms with van der Waals surface area (Å²) in [6.45, 7) is 2.93. The van der Waals surface area contributed by atoms with Crippen molar-refractivity contribution in [2.45, 2.75) is 64.0 Å². The van der Waals surface area contributed by atoms with Crippen molar-refractivity contribution in [3.05, 3.63) is 0 Å². The maximum atomic E-state index is 12.2. The predicted octanol–water partition coefficient (Wildman–Crippen LogP) is 1.69. The van der Waals surface area contributed by atoms with Gasteiger partial charge in [-0.25, -0.2) is 0 Å². The van der Waals surface area contributed by atoms with Crippen LogP contribution in [0.15, 0.2) is 0 Å². The van der Waals surface area contributed by atoms with Gasteiger partial charge in [0, 0.05) is 25.0 Å². The Hall–Kier alpha value is -1.06. The summed E-state index contributed by atoms with van der Waals surface area (Å²) in [5, 5.41) is 2.64. The molecular weight excluding hydrogens is 228 g/mol. The van der Waals surface area contributed by atoms with E-state index in [9.17, 15) is 9.59 Å². The first-order valence-electron chi connectivity index (χ1n) is 7.22. The maximum Gasteiger partial charge on any atom is 0.223 e. The van der Waals surface area contributed by atoms with Gasteiger partial charge in [-0.2, -0.15) is 0 Å². The molecule has 2 amide bonds. The third kappa shape index (κ3) is 2.85. The van der Waals surface area contributed by atoms with Gasteiger partial charge in [-0.15, -0.1) is 0 Å². The lowest BCUT2D eigenvalue weighted by Gasteiger charge is -2.33. The normalized spacial score (nSPS) is 29.6. The molecule has 1 heterocycles. The molecule has 2 bridgehead atoms. The maximum absolute atomic E-state index is 12.2. The van der Waals surface area contributed by atoms with Crippen LogP contribution in [-0.4, -0.2) is 35.8 Å². The number of carbonyl (C=O) groups is 2. The summed E-state index contributed by atoms with van der Waals surface area (Å²) in [5.74, 6) is 1.11. The molecule has 2 aliphatic rings. The van der Waals surface area contributed by atoms with Crippen LogP contribution >= 0.6 is 0 Å². The highest BCUT2D eigenvalue weighted by Crippen LogP contribution is 2.42. The van der Waals surface area contributed by atoms with E-state index in [1.807, 2.05) is 0 Å². The van der Waals surface area contributed by atoms with Crippen LogP contribution in [0.1, 0.15) is 51.9 Å². The van der Waals surface area contributed by atoms with E-state index in [0.29, 0.717) is 24.4 Å². The fourth-order valence-corrected chi connectivity index (χ4v) is 3.54. The molecular formula is C14H24N2O2. The van der Waals surface area contributed by atoms with E-state index in [1.54, 1.807) is 0 Å². The van der Waals surface area contributed by atoms with E-state index in [2.05, 4.69) is 17.1 Å². The van der Waals surface area contributed by atoms with E-state index in [4.69, 9.17) is 0 Å². The summed E-state index contributed by atoms with van der Waals surface area (Å²) in [4.78, 5) is 24.4. The van der Waals surface area contributed by atoms with E-state index in [1.165, 1.54) is 19.3 Å². The molecule has 4 heteroatoms. The molecule has 0 aromatic heterocycles. The second-order valence-electron chi connectivity index (χ2n) is 5.65. The Bertz CT molecular complexity index is 304. The summed E-state index contributed by atoms with van der Waals surface area (Å²) in [5.41, 5.74) is 0. The molecule has 3 unspecified atom stereocenters. The number of carbonyl (C=O) groups excluding carboxylic acids is 2. The molecule has 3 atom stereocenters. The zero-order valence-electron chi connectivity index (χ0n) is 11.2. The van der Waals surface area contributed by atoms with Crippen LogP contribution in [0.5, 0.6) is 0 Å². The van der Waals surface area contributed by atoms with Crippen LogP contribution < -0.4 is 5.32 Å². The first kappa shape index (κ1) is 13.4. The molecule has 0 radical (unpaired) electrons. The summed E-state index contributed by atoms with van der Waals surface area (Å²) in [7, 11) is 0. The number of hydrogen-bond acceptors (Lipinski definition) is 2. The minimum absolute atomic E-state index is 0.345. The molecule has 1 aliphatic heterocycles. The van der Waals surface area contributed by atoms with E-state index in [0.717, 1.165) is 38.1 Å². The van der Waals surface area contributed by atoms with Crippen LogP contribution in [0.25, 0.3) is 0 Å². The van der Waals surface area contributed by atoms with Crippen molar-refractivity contribution in [3.63, 3.8) is 0 Å². The highest BCUT2D eigenvalue weighted by molar-refractivity contribution is 5.77. The number of nitrogens with one attached hydrogen (secondary N) is 1. The molecule has 18 heavy (non-hydrogen) atoms. The number of nitrogens with zero attached hydrogens (tertiary/aromatic N) is 1. The number of piperidine rings is 1. The van der Waals surface area contributed by atoms with Crippen LogP contribution in [0.3, 0.4) is 0 Å². The first-order valence-corrected chi connectivity index (χ1v) is 7.22. The van der Waals surface area contributed by atoms with Gasteiger partial charge in [0.2, 0.25) is 12.3 Å². The van der Waals surface area contributed by atoms with Gasteiger partial charge < -0.3 is 10.2 Å². The van der Waals surface area contributed by atoms with Crippen molar-refractivity contribution in [3.8, 4) is 0 Å². The van der Waals surface area contributed by atoms with Gasteiger partial charge in [0.15, 0.2) is 0 Å². The highest BCUT2D eigenvalue weighted by atomic mass is 16.2. The third-order valence-electron chi connectivity index (χ3n) is 4.54. The molecule has 1 aliphatic carbocycles. The summed E-state index contributed by atoms with van der Waals surface area (Å²) >= 11 is 0. The van der Waals surface area contributed by atoms with Gasteiger partial charge in [-0.05, 0) is 44.9 Å². The standard InChI is InChI=1S/C14H24N2O2/c1-11-12-6-7-13(9-12)16(11)14(18)5-3-2-4-8-15-10-17/h10-13H,2-9H2,1H3,(H,15,17). The van der Waals surface area contributed by atoms with Crippen molar-refractivity contribution >= 4 is 12.3 Å².